The van der Waals surface area contributed by atoms with Crippen molar-refractivity contribution in [2.45, 2.75) is 0 Å². The Labute approximate surface area is 82.2 Å². The van der Waals surface area contributed by atoms with E-state index >= 15 is 0 Å². The molecule has 0 rings (SSSR count). The van der Waals surface area contributed by atoms with Gasteiger partial charge in [-0.25, -0.2) is 4.79 Å². The van der Waals surface area contributed by atoms with Crippen molar-refractivity contribution in [3.8, 4) is 6.07 Å². The van der Waals surface area contributed by atoms with Crippen LogP contribution in [0.5, 0.6) is 0 Å². The number of carbonyl (C=O) groups excluding carboxylic acids is 2. The van der Waals surface area contributed by atoms with Gasteiger partial charge in [0.25, 0.3) is 5.91 Å². The summed E-state index contributed by atoms with van der Waals surface area (Å²) in [6.45, 7) is 0. The number of nitrogens with one attached hydrogen (secondary N) is 2. The highest BCUT2D eigenvalue weighted by atomic mass is 16.2. The highest BCUT2D eigenvalue weighted by Gasteiger charge is 2.11. The van der Waals surface area contributed by atoms with Crippen molar-refractivity contribution in [2.24, 2.45) is 0 Å². The first-order valence-electron chi connectivity index (χ1n) is 3.82. The number of nitrogens with zero attached hydrogens (tertiary/aromatic N) is 2. The van der Waals surface area contributed by atoms with Crippen molar-refractivity contribution in [2.75, 3.05) is 21.1 Å². The minimum absolute atomic E-state index is 0.126. The molecule has 14 heavy (non-hydrogen) atoms. The summed E-state index contributed by atoms with van der Waals surface area (Å²) < 4.78 is 0. The van der Waals surface area contributed by atoms with Gasteiger partial charge in [0.05, 0.1) is 0 Å². The molecule has 0 heterocycles. The van der Waals surface area contributed by atoms with Crippen LogP contribution in [0.1, 0.15) is 0 Å². The van der Waals surface area contributed by atoms with Gasteiger partial charge in [0.1, 0.15) is 11.6 Å². The third-order valence-electron chi connectivity index (χ3n) is 1.21. The van der Waals surface area contributed by atoms with Crippen LogP contribution in [-0.2, 0) is 4.79 Å². The lowest BCUT2D eigenvalue weighted by molar-refractivity contribution is -0.116. The molecule has 0 aliphatic carbocycles. The molecule has 0 atom stereocenters. The zero-order chi connectivity index (χ0) is 11.1. The van der Waals surface area contributed by atoms with Gasteiger partial charge in [-0.2, -0.15) is 5.26 Å². The highest BCUT2D eigenvalue weighted by Crippen LogP contribution is 1.93. The van der Waals surface area contributed by atoms with Crippen LogP contribution in [0.15, 0.2) is 11.8 Å². The average molecular weight is 196 g/mol. The standard InChI is InChI=1S/C8H12N4O2/c1-10-8(14)11-7(13)6(4-9)5-12(2)3/h5H,1-3H3,(H2,10,11,13,14)/b6-5+. The molecule has 0 saturated carbocycles. The van der Waals surface area contributed by atoms with Crippen LogP contribution < -0.4 is 10.6 Å². The van der Waals surface area contributed by atoms with Crippen molar-refractivity contribution in [1.82, 2.24) is 15.5 Å². The van der Waals surface area contributed by atoms with Crippen molar-refractivity contribution >= 4 is 11.9 Å². The minimum Gasteiger partial charge on any atom is -0.382 e. The van der Waals surface area contributed by atoms with E-state index in [9.17, 15) is 9.59 Å². The lowest BCUT2D eigenvalue weighted by Crippen LogP contribution is -2.38. The number of imide groups is 1. The maximum absolute atomic E-state index is 11.2. The molecule has 0 radical (unpaired) electrons. The van der Waals surface area contributed by atoms with Gasteiger partial charge in [-0.3, -0.25) is 10.1 Å². The Morgan fingerprint density at radius 3 is 2.36 bits per heavy atom. The molecule has 6 nitrogen and oxygen atoms in total. The predicted octanol–water partition coefficient (Wildman–Crippen LogP) is -0.589. The molecule has 0 unspecified atom stereocenters. The van der Waals surface area contributed by atoms with Crippen LogP contribution in [0.3, 0.4) is 0 Å². The van der Waals surface area contributed by atoms with Gasteiger partial charge >= 0.3 is 6.03 Å². The van der Waals surface area contributed by atoms with Gasteiger partial charge in [0.2, 0.25) is 0 Å². The van der Waals surface area contributed by atoms with E-state index < -0.39 is 11.9 Å². The van der Waals surface area contributed by atoms with E-state index in [1.54, 1.807) is 25.1 Å². The monoisotopic (exact) mass is 196 g/mol. The molecule has 3 amide bonds. The molecular formula is C8H12N4O2. The number of hydrogen-bond donors (Lipinski definition) is 2. The summed E-state index contributed by atoms with van der Waals surface area (Å²) in [6.07, 6.45) is 1.33. The molecule has 0 bridgehead atoms. The van der Waals surface area contributed by atoms with Gasteiger partial charge in [-0.05, 0) is 0 Å². The maximum atomic E-state index is 11.2. The van der Waals surface area contributed by atoms with Gasteiger partial charge in [-0.15, -0.1) is 0 Å². The van der Waals surface area contributed by atoms with Gasteiger partial charge < -0.3 is 10.2 Å². The third-order valence-corrected chi connectivity index (χ3v) is 1.21. The normalized spacial score (nSPS) is 10.0. The summed E-state index contributed by atoms with van der Waals surface area (Å²) in [5.74, 6) is -0.722. The quantitative estimate of drug-likeness (QED) is 0.456. The fourth-order valence-corrected chi connectivity index (χ4v) is 0.629. The summed E-state index contributed by atoms with van der Waals surface area (Å²) in [5, 5.41) is 12.8. The molecule has 0 aromatic heterocycles. The summed E-state index contributed by atoms with van der Waals surface area (Å²) in [7, 11) is 4.72. The largest absolute Gasteiger partial charge is 0.382 e. The molecule has 0 aromatic rings. The molecule has 0 aliphatic heterocycles. The van der Waals surface area contributed by atoms with Gasteiger partial charge in [0.15, 0.2) is 0 Å². The lowest BCUT2D eigenvalue weighted by atomic mass is 10.3. The first-order valence-corrected chi connectivity index (χ1v) is 3.82. The number of rotatable bonds is 2. The SMILES string of the molecule is CNC(=O)NC(=O)/C(C#N)=C/N(C)C. The molecule has 0 aliphatic rings. The first-order chi connectivity index (χ1) is 6.51. The zero-order valence-corrected chi connectivity index (χ0v) is 8.29. The molecule has 6 heteroatoms. The van der Waals surface area contributed by atoms with E-state index in [-0.39, 0.29) is 5.57 Å². The topological polar surface area (TPSA) is 85.2 Å². The van der Waals surface area contributed by atoms with E-state index in [1.165, 1.54) is 13.2 Å². The third kappa shape index (κ3) is 4.11. The van der Waals surface area contributed by atoms with Crippen molar-refractivity contribution in [1.29, 1.82) is 5.26 Å². The van der Waals surface area contributed by atoms with E-state index in [1.807, 2.05) is 5.32 Å². The fraction of sp³-hybridized carbons (Fsp3) is 0.375. The Hall–Kier alpha value is -2.03. The highest BCUT2D eigenvalue weighted by molar-refractivity contribution is 6.05. The second kappa shape index (κ2) is 5.59. The fourth-order valence-electron chi connectivity index (χ4n) is 0.629. The van der Waals surface area contributed by atoms with Crippen molar-refractivity contribution in [3.05, 3.63) is 11.8 Å². The molecule has 0 aromatic carbocycles. The predicted molar refractivity (Wildman–Crippen MR) is 50.0 cm³/mol. The zero-order valence-electron chi connectivity index (χ0n) is 8.29. The number of urea groups is 1. The van der Waals surface area contributed by atoms with Crippen molar-refractivity contribution < 1.29 is 9.59 Å². The van der Waals surface area contributed by atoms with Gasteiger partial charge in [-0.1, -0.05) is 0 Å². The Morgan fingerprint density at radius 1 is 1.43 bits per heavy atom. The van der Waals surface area contributed by atoms with Gasteiger partial charge in [0, 0.05) is 27.3 Å². The average Bonchev–Trinajstić information content (AvgIpc) is 2.13. The van der Waals surface area contributed by atoms with Crippen LogP contribution in [0, 0.1) is 11.3 Å². The maximum Gasteiger partial charge on any atom is 0.321 e. The van der Waals surface area contributed by atoms with Crippen LogP contribution in [0.4, 0.5) is 4.79 Å². The molecule has 0 spiro atoms. The number of amides is 3. The lowest BCUT2D eigenvalue weighted by Gasteiger charge is -2.06. The first kappa shape index (κ1) is 12.0. The van der Waals surface area contributed by atoms with Crippen LogP contribution in [-0.4, -0.2) is 38.0 Å². The number of nitriles is 1. The Bertz CT molecular complexity index is 301. The summed E-state index contributed by atoms with van der Waals surface area (Å²) in [4.78, 5) is 23.5. The molecule has 0 fully saturated rings. The number of carbonyl (C=O) groups is 2. The van der Waals surface area contributed by atoms with E-state index in [4.69, 9.17) is 5.26 Å². The second-order valence-corrected chi connectivity index (χ2v) is 2.65. The van der Waals surface area contributed by atoms with E-state index in [2.05, 4.69) is 5.32 Å². The Balaban J connectivity index is 4.51. The molecule has 2 N–H and O–H groups in total. The summed E-state index contributed by atoms with van der Waals surface area (Å²) in [5.41, 5.74) is -0.126. The van der Waals surface area contributed by atoms with Crippen LogP contribution in [0.25, 0.3) is 0 Å². The van der Waals surface area contributed by atoms with E-state index in [0.717, 1.165) is 0 Å². The number of hydrogen-bond acceptors (Lipinski definition) is 4. The van der Waals surface area contributed by atoms with Crippen molar-refractivity contribution in [3.63, 3.8) is 0 Å². The summed E-state index contributed by atoms with van der Waals surface area (Å²) in [6, 6.07) is 1.05. The Morgan fingerprint density at radius 2 is 2.00 bits per heavy atom. The minimum atomic E-state index is -0.722. The molecular weight excluding hydrogens is 184 g/mol. The summed E-state index contributed by atoms with van der Waals surface area (Å²) >= 11 is 0. The molecule has 0 saturated heterocycles. The molecule has 76 valence electrons. The van der Waals surface area contributed by atoms with E-state index in [0.29, 0.717) is 0 Å². The smallest absolute Gasteiger partial charge is 0.321 e. The Kier molecular flexibility index (Phi) is 4.78. The van der Waals surface area contributed by atoms with Crippen LogP contribution >= 0.6 is 0 Å². The van der Waals surface area contributed by atoms with Crippen LogP contribution in [0.2, 0.25) is 0 Å². The second-order valence-electron chi connectivity index (χ2n) is 2.65.